The summed E-state index contributed by atoms with van der Waals surface area (Å²) < 4.78 is 10.6. The quantitative estimate of drug-likeness (QED) is 0.791. The lowest BCUT2D eigenvalue weighted by Gasteiger charge is -2.09. The third-order valence-electron chi connectivity index (χ3n) is 3.75. The molecule has 0 fully saturated rings. The van der Waals surface area contributed by atoms with E-state index >= 15 is 0 Å². The molecule has 0 bridgehead atoms. The molecule has 1 aromatic heterocycles. The fraction of sp³-hybridized carbons (Fsp3) is 0.111. The molecule has 24 heavy (non-hydrogen) atoms. The van der Waals surface area contributed by atoms with Crippen LogP contribution < -0.4 is 14.8 Å². The normalized spacial score (nSPS) is 12.2. The van der Waals surface area contributed by atoms with Crippen molar-refractivity contribution in [1.29, 1.82) is 0 Å². The molecule has 3 aromatic rings. The number of carbonyl (C=O) groups is 1. The minimum absolute atomic E-state index is 0.151. The summed E-state index contributed by atoms with van der Waals surface area (Å²) in [5, 5.41) is 5.84. The topological polar surface area (TPSA) is 60.5 Å². The van der Waals surface area contributed by atoms with Gasteiger partial charge in [-0.05, 0) is 23.8 Å². The number of hydrogen-bond acceptors (Lipinski definition) is 5. The van der Waals surface area contributed by atoms with Gasteiger partial charge in [0, 0.05) is 29.2 Å². The Hall–Kier alpha value is -2.86. The molecule has 120 valence electrons. The van der Waals surface area contributed by atoms with Crippen LogP contribution in [0.5, 0.6) is 11.5 Å². The van der Waals surface area contributed by atoms with Gasteiger partial charge in [0.2, 0.25) is 6.79 Å². The summed E-state index contributed by atoms with van der Waals surface area (Å²) in [7, 11) is 0. The van der Waals surface area contributed by atoms with Crippen molar-refractivity contribution in [1.82, 2.24) is 10.3 Å². The van der Waals surface area contributed by atoms with Crippen LogP contribution in [0.4, 0.5) is 0 Å². The van der Waals surface area contributed by atoms with Gasteiger partial charge in [-0.2, -0.15) is 0 Å². The first-order chi connectivity index (χ1) is 11.8. The van der Waals surface area contributed by atoms with Crippen molar-refractivity contribution in [2.24, 2.45) is 0 Å². The van der Waals surface area contributed by atoms with E-state index in [4.69, 9.17) is 9.47 Å². The molecule has 1 aliphatic rings. The second-order valence-corrected chi connectivity index (χ2v) is 6.14. The molecule has 5 nitrogen and oxygen atoms in total. The molecule has 1 amide bonds. The highest BCUT2D eigenvalue weighted by Gasteiger charge is 2.16. The van der Waals surface area contributed by atoms with Gasteiger partial charge in [-0.15, -0.1) is 11.3 Å². The molecule has 2 heterocycles. The molecule has 0 atom stereocenters. The summed E-state index contributed by atoms with van der Waals surface area (Å²) >= 11 is 1.58. The Balaban J connectivity index is 1.50. The Bertz CT molecular complexity index is 878. The zero-order valence-electron chi connectivity index (χ0n) is 12.7. The zero-order valence-corrected chi connectivity index (χ0v) is 13.5. The second-order valence-electron chi connectivity index (χ2n) is 5.25. The van der Waals surface area contributed by atoms with Gasteiger partial charge in [0.1, 0.15) is 5.01 Å². The van der Waals surface area contributed by atoms with Gasteiger partial charge in [-0.1, -0.05) is 24.3 Å². The summed E-state index contributed by atoms with van der Waals surface area (Å²) in [5.74, 6) is 1.12. The van der Waals surface area contributed by atoms with E-state index in [0.29, 0.717) is 23.6 Å². The standard InChI is InChI=1S/C18H14N2O3S/c21-17(12-5-6-15-16(9-12)23-11-22-15)20-10-13-3-1-2-4-14(13)18-19-7-8-24-18/h1-9H,10-11H2,(H,20,21). The highest BCUT2D eigenvalue weighted by molar-refractivity contribution is 7.13. The number of hydrogen-bond donors (Lipinski definition) is 1. The molecule has 1 aliphatic heterocycles. The Morgan fingerprint density at radius 1 is 1.17 bits per heavy atom. The van der Waals surface area contributed by atoms with Crippen LogP contribution in [0.1, 0.15) is 15.9 Å². The van der Waals surface area contributed by atoms with Crippen LogP contribution >= 0.6 is 11.3 Å². The molecule has 2 aromatic carbocycles. The molecule has 6 heteroatoms. The van der Waals surface area contributed by atoms with Crippen LogP contribution in [0, 0.1) is 0 Å². The van der Waals surface area contributed by atoms with Crippen LogP contribution in [0.15, 0.2) is 54.0 Å². The highest BCUT2D eigenvalue weighted by Crippen LogP contribution is 2.32. The van der Waals surface area contributed by atoms with E-state index in [1.54, 1.807) is 35.7 Å². The number of benzene rings is 2. The molecule has 0 radical (unpaired) electrons. The van der Waals surface area contributed by atoms with Crippen LogP contribution in [0.25, 0.3) is 10.6 Å². The molecule has 0 saturated heterocycles. The lowest BCUT2D eigenvalue weighted by molar-refractivity contribution is 0.0950. The largest absolute Gasteiger partial charge is 0.454 e. The molecular formula is C18H14N2O3S. The average molecular weight is 338 g/mol. The predicted octanol–water partition coefficient (Wildman–Crippen LogP) is 3.47. The lowest BCUT2D eigenvalue weighted by Crippen LogP contribution is -2.23. The minimum atomic E-state index is -0.151. The van der Waals surface area contributed by atoms with Gasteiger partial charge in [0.25, 0.3) is 5.91 Å². The summed E-state index contributed by atoms with van der Waals surface area (Å²) in [4.78, 5) is 16.7. The number of fused-ring (bicyclic) bond motifs is 1. The first kappa shape index (κ1) is 14.7. The lowest BCUT2D eigenvalue weighted by atomic mass is 10.1. The first-order valence-corrected chi connectivity index (χ1v) is 8.35. The van der Waals surface area contributed by atoms with Gasteiger partial charge in [0.15, 0.2) is 11.5 Å². The predicted molar refractivity (Wildman–Crippen MR) is 91.3 cm³/mol. The van der Waals surface area contributed by atoms with E-state index in [9.17, 15) is 4.79 Å². The van der Waals surface area contributed by atoms with Crippen molar-refractivity contribution in [3.63, 3.8) is 0 Å². The maximum atomic E-state index is 12.4. The molecule has 0 spiro atoms. The van der Waals surface area contributed by atoms with Crippen LogP contribution in [0.3, 0.4) is 0 Å². The van der Waals surface area contributed by atoms with Crippen molar-refractivity contribution in [2.45, 2.75) is 6.54 Å². The molecule has 0 saturated carbocycles. The monoisotopic (exact) mass is 338 g/mol. The fourth-order valence-electron chi connectivity index (χ4n) is 2.55. The fourth-order valence-corrected chi connectivity index (χ4v) is 3.25. The first-order valence-electron chi connectivity index (χ1n) is 7.47. The van der Waals surface area contributed by atoms with E-state index in [1.807, 2.05) is 29.6 Å². The Kier molecular flexibility index (Phi) is 3.88. The maximum absolute atomic E-state index is 12.4. The van der Waals surface area contributed by atoms with Gasteiger partial charge in [-0.25, -0.2) is 4.98 Å². The smallest absolute Gasteiger partial charge is 0.251 e. The van der Waals surface area contributed by atoms with Gasteiger partial charge < -0.3 is 14.8 Å². The SMILES string of the molecule is O=C(NCc1ccccc1-c1nccs1)c1ccc2c(c1)OCO2. The van der Waals surface area contributed by atoms with E-state index < -0.39 is 0 Å². The molecule has 0 aliphatic carbocycles. The Morgan fingerprint density at radius 3 is 2.92 bits per heavy atom. The molecule has 4 rings (SSSR count). The number of nitrogens with zero attached hydrogens (tertiary/aromatic N) is 1. The maximum Gasteiger partial charge on any atom is 0.251 e. The third-order valence-corrected chi connectivity index (χ3v) is 4.56. The van der Waals surface area contributed by atoms with Crippen molar-refractivity contribution in [2.75, 3.05) is 6.79 Å². The average Bonchev–Trinajstić information content (AvgIpc) is 3.30. The summed E-state index contributed by atoms with van der Waals surface area (Å²) in [5.41, 5.74) is 2.62. The van der Waals surface area contributed by atoms with Crippen molar-refractivity contribution in [3.05, 3.63) is 65.2 Å². The molecular weight excluding hydrogens is 324 g/mol. The molecule has 1 N–H and O–H groups in total. The van der Waals surface area contributed by atoms with Crippen molar-refractivity contribution >= 4 is 17.2 Å². The van der Waals surface area contributed by atoms with E-state index in [2.05, 4.69) is 10.3 Å². The number of nitrogens with one attached hydrogen (secondary N) is 1. The number of carbonyl (C=O) groups excluding carboxylic acids is 1. The van der Waals surface area contributed by atoms with Gasteiger partial charge >= 0.3 is 0 Å². The number of amides is 1. The van der Waals surface area contributed by atoms with E-state index in [0.717, 1.165) is 16.1 Å². The minimum Gasteiger partial charge on any atom is -0.454 e. The van der Waals surface area contributed by atoms with Gasteiger partial charge in [-0.3, -0.25) is 4.79 Å². The number of ether oxygens (including phenoxy) is 2. The highest BCUT2D eigenvalue weighted by atomic mass is 32.1. The second kappa shape index (κ2) is 6.33. The van der Waals surface area contributed by atoms with Crippen LogP contribution in [-0.2, 0) is 6.54 Å². The van der Waals surface area contributed by atoms with Gasteiger partial charge in [0.05, 0.1) is 0 Å². The van der Waals surface area contributed by atoms with Crippen LogP contribution in [-0.4, -0.2) is 17.7 Å². The summed E-state index contributed by atoms with van der Waals surface area (Å²) in [6.07, 6.45) is 1.78. The third kappa shape index (κ3) is 2.83. The number of thiazole rings is 1. The number of aromatic nitrogens is 1. The van der Waals surface area contributed by atoms with Crippen molar-refractivity contribution < 1.29 is 14.3 Å². The van der Waals surface area contributed by atoms with Crippen LogP contribution in [0.2, 0.25) is 0 Å². The summed E-state index contributed by atoms with van der Waals surface area (Å²) in [6, 6.07) is 13.1. The Morgan fingerprint density at radius 2 is 2.04 bits per heavy atom. The summed E-state index contributed by atoms with van der Waals surface area (Å²) in [6.45, 7) is 0.630. The zero-order chi connectivity index (χ0) is 16.4. The van der Waals surface area contributed by atoms with E-state index in [-0.39, 0.29) is 12.7 Å². The van der Waals surface area contributed by atoms with E-state index in [1.165, 1.54) is 0 Å². The number of rotatable bonds is 4. The Labute approximate surface area is 142 Å². The molecule has 0 unspecified atom stereocenters. The van der Waals surface area contributed by atoms with Crippen molar-refractivity contribution in [3.8, 4) is 22.1 Å².